The third-order valence-corrected chi connectivity index (χ3v) is 4.26. The molecule has 0 saturated heterocycles. The molecule has 1 aliphatic heterocycles. The van der Waals surface area contributed by atoms with E-state index in [1.165, 1.54) is 0 Å². The summed E-state index contributed by atoms with van der Waals surface area (Å²) in [5.41, 5.74) is 7.62. The van der Waals surface area contributed by atoms with E-state index in [-0.39, 0.29) is 11.2 Å². The topological polar surface area (TPSA) is 35.2 Å². The highest BCUT2D eigenvalue weighted by Gasteiger charge is 2.42. The van der Waals surface area contributed by atoms with Crippen molar-refractivity contribution in [3.8, 4) is 5.75 Å². The lowest BCUT2D eigenvalue weighted by Gasteiger charge is -2.43. The summed E-state index contributed by atoms with van der Waals surface area (Å²) < 4.78 is 19.9. The van der Waals surface area contributed by atoms with Gasteiger partial charge in [0.15, 0.2) is 0 Å². The van der Waals surface area contributed by atoms with E-state index in [1.807, 2.05) is 6.07 Å². The van der Waals surface area contributed by atoms with E-state index in [4.69, 9.17) is 10.5 Å². The first kappa shape index (κ1) is 11.0. The largest absolute Gasteiger partial charge is 0.493 e. The molecule has 92 valence electrons. The number of aryl methyl sites for hydroxylation is 1. The molecular formula is C14H18FNO. The Labute approximate surface area is 101 Å². The third kappa shape index (κ3) is 1.56. The SMILES string of the molecule is NCC1(c2c(F)ccc3c2OCCC3)CCC1. The molecule has 1 aromatic rings. The van der Waals surface area contributed by atoms with Gasteiger partial charge in [-0.25, -0.2) is 4.39 Å². The van der Waals surface area contributed by atoms with Gasteiger partial charge < -0.3 is 10.5 Å². The molecule has 1 saturated carbocycles. The fourth-order valence-corrected chi connectivity index (χ4v) is 3.05. The second kappa shape index (κ2) is 3.98. The van der Waals surface area contributed by atoms with Crippen LogP contribution in [0.2, 0.25) is 0 Å². The summed E-state index contributed by atoms with van der Waals surface area (Å²) in [5, 5.41) is 0. The normalized spacial score (nSPS) is 21.3. The van der Waals surface area contributed by atoms with Crippen molar-refractivity contribution in [3.05, 3.63) is 29.1 Å². The predicted octanol–water partition coefficient (Wildman–Crippen LogP) is 2.53. The molecule has 0 bridgehead atoms. The van der Waals surface area contributed by atoms with Crippen LogP contribution in [0.5, 0.6) is 5.75 Å². The minimum Gasteiger partial charge on any atom is -0.493 e. The van der Waals surface area contributed by atoms with Gasteiger partial charge in [0.25, 0.3) is 0 Å². The smallest absolute Gasteiger partial charge is 0.130 e. The van der Waals surface area contributed by atoms with Crippen molar-refractivity contribution < 1.29 is 9.13 Å². The van der Waals surface area contributed by atoms with Crippen molar-refractivity contribution in [2.24, 2.45) is 5.73 Å². The van der Waals surface area contributed by atoms with Crippen LogP contribution in [-0.2, 0) is 11.8 Å². The zero-order valence-corrected chi connectivity index (χ0v) is 9.97. The van der Waals surface area contributed by atoms with Crippen LogP contribution in [0.4, 0.5) is 4.39 Å². The van der Waals surface area contributed by atoms with Gasteiger partial charge in [0.05, 0.1) is 6.61 Å². The quantitative estimate of drug-likeness (QED) is 0.855. The highest BCUT2D eigenvalue weighted by Crippen LogP contribution is 2.49. The Kier molecular flexibility index (Phi) is 2.58. The van der Waals surface area contributed by atoms with Crippen LogP contribution in [0.1, 0.15) is 36.8 Å². The lowest BCUT2D eigenvalue weighted by molar-refractivity contribution is 0.219. The number of benzene rings is 1. The van der Waals surface area contributed by atoms with Crippen molar-refractivity contribution in [1.82, 2.24) is 0 Å². The fraction of sp³-hybridized carbons (Fsp3) is 0.571. The van der Waals surface area contributed by atoms with Crippen LogP contribution < -0.4 is 10.5 Å². The number of fused-ring (bicyclic) bond motifs is 1. The van der Waals surface area contributed by atoms with Crippen molar-refractivity contribution in [2.75, 3.05) is 13.2 Å². The lowest BCUT2D eigenvalue weighted by Crippen LogP contribution is -2.43. The summed E-state index contributed by atoms with van der Waals surface area (Å²) in [4.78, 5) is 0. The van der Waals surface area contributed by atoms with Crippen molar-refractivity contribution in [2.45, 2.75) is 37.5 Å². The molecule has 1 aliphatic carbocycles. The molecule has 0 radical (unpaired) electrons. The van der Waals surface area contributed by atoms with Crippen LogP contribution >= 0.6 is 0 Å². The molecule has 0 spiro atoms. The highest BCUT2D eigenvalue weighted by molar-refractivity contribution is 5.49. The minimum absolute atomic E-state index is 0.143. The van der Waals surface area contributed by atoms with E-state index in [0.717, 1.165) is 49.0 Å². The Morgan fingerprint density at radius 1 is 1.29 bits per heavy atom. The van der Waals surface area contributed by atoms with E-state index in [0.29, 0.717) is 13.2 Å². The molecule has 2 nitrogen and oxygen atoms in total. The summed E-state index contributed by atoms with van der Waals surface area (Å²) >= 11 is 0. The van der Waals surface area contributed by atoms with Crippen molar-refractivity contribution in [3.63, 3.8) is 0 Å². The first-order chi connectivity index (χ1) is 8.27. The Hall–Kier alpha value is -1.09. The molecule has 3 rings (SSSR count). The Bertz CT molecular complexity index is 435. The first-order valence-corrected chi connectivity index (χ1v) is 6.41. The van der Waals surface area contributed by atoms with E-state index in [1.54, 1.807) is 6.07 Å². The van der Waals surface area contributed by atoms with Crippen LogP contribution in [-0.4, -0.2) is 13.2 Å². The molecule has 0 amide bonds. The third-order valence-electron chi connectivity index (χ3n) is 4.26. The van der Waals surface area contributed by atoms with Gasteiger partial charge in [0.1, 0.15) is 11.6 Å². The molecule has 3 heteroatoms. The molecule has 1 heterocycles. The van der Waals surface area contributed by atoms with Gasteiger partial charge in [-0.15, -0.1) is 0 Å². The molecule has 2 aliphatic rings. The van der Waals surface area contributed by atoms with Gasteiger partial charge in [-0.1, -0.05) is 12.5 Å². The van der Waals surface area contributed by atoms with Crippen molar-refractivity contribution >= 4 is 0 Å². The molecule has 1 fully saturated rings. The predicted molar refractivity (Wildman–Crippen MR) is 64.8 cm³/mol. The summed E-state index contributed by atoms with van der Waals surface area (Å²) in [6.07, 6.45) is 5.12. The molecule has 0 aromatic heterocycles. The van der Waals surface area contributed by atoms with Gasteiger partial charge in [-0.2, -0.15) is 0 Å². The Balaban J connectivity index is 2.14. The average molecular weight is 235 g/mol. The number of halogens is 1. The number of rotatable bonds is 2. The summed E-state index contributed by atoms with van der Waals surface area (Å²) in [6, 6.07) is 3.44. The molecule has 17 heavy (non-hydrogen) atoms. The molecule has 0 unspecified atom stereocenters. The Morgan fingerprint density at radius 3 is 2.76 bits per heavy atom. The lowest BCUT2D eigenvalue weighted by atomic mass is 9.63. The number of hydrogen-bond donors (Lipinski definition) is 1. The Morgan fingerprint density at radius 2 is 2.12 bits per heavy atom. The van der Waals surface area contributed by atoms with Gasteiger partial charge in [0, 0.05) is 17.5 Å². The summed E-state index contributed by atoms with van der Waals surface area (Å²) in [5.74, 6) is 0.650. The summed E-state index contributed by atoms with van der Waals surface area (Å²) in [7, 11) is 0. The van der Waals surface area contributed by atoms with E-state index < -0.39 is 0 Å². The van der Waals surface area contributed by atoms with Crippen molar-refractivity contribution in [1.29, 1.82) is 0 Å². The second-order valence-corrected chi connectivity index (χ2v) is 5.20. The molecule has 2 N–H and O–H groups in total. The number of hydrogen-bond acceptors (Lipinski definition) is 2. The van der Waals surface area contributed by atoms with Gasteiger partial charge >= 0.3 is 0 Å². The van der Waals surface area contributed by atoms with Crippen LogP contribution in [0.15, 0.2) is 12.1 Å². The molecule has 1 aromatic carbocycles. The van der Waals surface area contributed by atoms with Crippen LogP contribution in [0.25, 0.3) is 0 Å². The first-order valence-electron chi connectivity index (χ1n) is 6.41. The molecular weight excluding hydrogens is 217 g/mol. The number of nitrogens with two attached hydrogens (primary N) is 1. The second-order valence-electron chi connectivity index (χ2n) is 5.20. The maximum atomic E-state index is 14.1. The fourth-order valence-electron chi connectivity index (χ4n) is 3.05. The summed E-state index contributed by atoms with van der Waals surface area (Å²) in [6.45, 7) is 1.22. The highest BCUT2D eigenvalue weighted by atomic mass is 19.1. The van der Waals surface area contributed by atoms with Crippen LogP contribution in [0.3, 0.4) is 0 Å². The average Bonchev–Trinajstić information content (AvgIpc) is 2.31. The zero-order valence-electron chi connectivity index (χ0n) is 9.97. The van der Waals surface area contributed by atoms with Crippen LogP contribution in [0, 0.1) is 5.82 Å². The van der Waals surface area contributed by atoms with E-state index in [9.17, 15) is 4.39 Å². The van der Waals surface area contributed by atoms with Gasteiger partial charge in [-0.05, 0) is 37.3 Å². The maximum Gasteiger partial charge on any atom is 0.130 e. The van der Waals surface area contributed by atoms with E-state index >= 15 is 0 Å². The minimum atomic E-state index is -0.160. The van der Waals surface area contributed by atoms with E-state index in [2.05, 4.69) is 0 Å². The number of ether oxygens (including phenoxy) is 1. The maximum absolute atomic E-state index is 14.1. The van der Waals surface area contributed by atoms with Gasteiger partial charge in [-0.3, -0.25) is 0 Å². The standard InChI is InChI=1S/C14H18FNO/c15-11-5-4-10-3-1-8-17-13(10)12(11)14(9-16)6-2-7-14/h4-5H,1-3,6-9,16H2. The van der Waals surface area contributed by atoms with Gasteiger partial charge in [0.2, 0.25) is 0 Å². The zero-order chi connectivity index (χ0) is 11.9. The molecule has 0 atom stereocenters. The monoisotopic (exact) mass is 235 g/mol.